The molecule has 0 aliphatic carbocycles. The van der Waals surface area contributed by atoms with Crippen molar-refractivity contribution in [3.8, 4) is 17.4 Å². The molecule has 0 saturated carbocycles. The number of ether oxygens (including phenoxy) is 2. The molecular formula is C20H17N3O6S. The molecule has 1 aromatic heterocycles. The molecule has 3 rings (SSSR count). The number of hydrogen-bond acceptors (Lipinski definition) is 7. The van der Waals surface area contributed by atoms with Crippen LogP contribution in [0, 0.1) is 0 Å². The van der Waals surface area contributed by atoms with Crippen molar-refractivity contribution in [2.24, 2.45) is 0 Å². The SMILES string of the molecule is COc1ccc(/C=C/C(=O)O)cc1S(=O)(=O)Nc1cccc(Oc2cnccn2)c1. The third kappa shape index (κ3) is 5.32. The largest absolute Gasteiger partial charge is 0.495 e. The van der Waals surface area contributed by atoms with Gasteiger partial charge in [-0.2, -0.15) is 0 Å². The molecule has 0 fully saturated rings. The van der Waals surface area contributed by atoms with E-state index in [9.17, 15) is 13.2 Å². The van der Waals surface area contributed by atoms with Crippen molar-refractivity contribution in [2.75, 3.05) is 11.8 Å². The van der Waals surface area contributed by atoms with E-state index in [2.05, 4.69) is 14.7 Å². The van der Waals surface area contributed by atoms with Crippen LogP contribution in [-0.2, 0) is 14.8 Å². The molecule has 9 nitrogen and oxygen atoms in total. The fraction of sp³-hybridized carbons (Fsp3) is 0.0500. The first-order valence-electron chi connectivity index (χ1n) is 8.53. The number of rotatable bonds is 8. The quantitative estimate of drug-likeness (QED) is 0.525. The summed E-state index contributed by atoms with van der Waals surface area (Å²) in [7, 11) is -2.70. The van der Waals surface area contributed by atoms with Gasteiger partial charge in [-0.25, -0.2) is 18.2 Å². The molecule has 0 amide bonds. The molecule has 0 aliphatic heterocycles. The Hall–Kier alpha value is -3.92. The monoisotopic (exact) mass is 427 g/mol. The van der Waals surface area contributed by atoms with Crippen LogP contribution in [0.4, 0.5) is 5.69 Å². The molecule has 0 bridgehead atoms. The summed E-state index contributed by atoms with van der Waals surface area (Å²) in [6.07, 6.45) is 6.61. The summed E-state index contributed by atoms with van der Waals surface area (Å²) in [6.45, 7) is 0. The van der Waals surface area contributed by atoms with Crippen LogP contribution >= 0.6 is 0 Å². The Balaban J connectivity index is 1.88. The number of anilines is 1. The fourth-order valence-electron chi connectivity index (χ4n) is 2.47. The third-order valence-corrected chi connectivity index (χ3v) is 5.15. The number of carboxylic acids is 1. The summed E-state index contributed by atoms with van der Waals surface area (Å²) >= 11 is 0. The predicted molar refractivity (Wildman–Crippen MR) is 109 cm³/mol. The lowest BCUT2D eigenvalue weighted by atomic mass is 10.2. The predicted octanol–water partition coefficient (Wildman–Crippen LogP) is 3.18. The van der Waals surface area contributed by atoms with Gasteiger partial charge in [0, 0.05) is 24.5 Å². The van der Waals surface area contributed by atoms with Crippen molar-refractivity contribution < 1.29 is 27.8 Å². The summed E-state index contributed by atoms with van der Waals surface area (Å²) in [5.74, 6) is -0.409. The van der Waals surface area contributed by atoms with Gasteiger partial charge in [-0.15, -0.1) is 0 Å². The van der Waals surface area contributed by atoms with E-state index in [-0.39, 0.29) is 22.2 Å². The van der Waals surface area contributed by atoms with Crippen molar-refractivity contribution >= 4 is 27.8 Å². The maximum absolute atomic E-state index is 12.9. The number of aliphatic carboxylic acids is 1. The highest BCUT2D eigenvalue weighted by atomic mass is 32.2. The van der Waals surface area contributed by atoms with Gasteiger partial charge in [-0.1, -0.05) is 12.1 Å². The van der Waals surface area contributed by atoms with Gasteiger partial charge in [0.2, 0.25) is 5.88 Å². The van der Waals surface area contributed by atoms with Crippen LogP contribution in [0.1, 0.15) is 5.56 Å². The molecule has 30 heavy (non-hydrogen) atoms. The highest BCUT2D eigenvalue weighted by Gasteiger charge is 2.20. The van der Waals surface area contributed by atoms with Gasteiger partial charge in [0.15, 0.2) is 0 Å². The molecule has 0 spiro atoms. The van der Waals surface area contributed by atoms with E-state index >= 15 is 0 Å². The Kier molecular flexibility index (Phi) is 6.28. The average molecular weight is 427 g/mol. The fourth-order valence-corrected chi connectivity index (χ4v) is 3.72. The normalized spacial score (nSPS) is 11.2. The lowest BCUT2D eigenvalue weighted by molar-refractivity contribution is -0.131. The lowest BCUT2D eigenvalue weighted by Crippen LogP contribution is -2.14. The van der Waals surface area contributed by atoms with E-state index in [1.165, 1.54) is 50.0 Å². The van der Waals surface area contributed by atoms with Gasteiger partial charge in [0.1, 0.15) is 16.4 Å². The van der Waals surface area contributed by atoms with Crippen molar-refractivity contribution in [2.45, 2.75) is 4.90 Å². The zero-order chi connectivity index (χ0) is 21.6. The van der Waals surface area contributed by atoms with Crippen molar-refractivity contribution in [1.82, 2.24) is 9.97 Å². The molecule has 154 valence electrons. The molecule has 0 unspecified atom stereocenters. The van der Waals surface area contributed by atoms with E-state index in [0.717, 1.165) is 6.08 Å². The number of sulfonamides is 1. The minimum atomic E-state index is -4.05. The van der Waals surface area contributed by atoms with E-state index in [1.54, 1.807) is 24.3 Å². The zero-order valence-corrected chi connectivity index (χ0v) is 16.5. The van der Waals surface area contributed by atoms with Crippen molar-refractivity contribution in [1.29, 1.82) is 0 Å². The van der Waals surface area contributed by atoms with Crippen molar-refractivity contribution in [3.05, 3.63) is 72.7 Å². The van der Waals surface area contributed by atoms with Gasteiger partial charge in [-0.05, 0) is 35.9 Å². The highest BCUT2D eigenvalue weighted by Crippen LogP contribution is 2.29. The number of benzene rings is 2. The molecule has 3 aromatic rings. The van der Waals surface area contributed by atoms with Gasteiger partial charge in [0.05, 0.1) is 19.0 Å². The Morgan fingerprint density at radius 2 is 2.00 bits per heavy atom. The molecule has 10 heteroatoms. The molecule has 0 atom stereocenters. The number of nitrogens with one attached hydrogen (secondary N) is 1. The van der Waals surface area contributed by atoms with Crippen LogP contribution in [0.15, 0.2) is 72.0 Å². The summed E-state index contributed by atoms with van der Waals surface area (Å²) in [4.78, 5) is 18.5. The minimum absolute atomic E-state index is 0.113. The number of carboxylic acid groups (broad SMARTS) is 1. The molecule has 2 N–H and O–H groups in total. The number of carbonyl (C=O) groups is 1. The smallest absolute Gasteiger partial charge is 0.328 e. The standard InChI is InChI=1S/C20H17N3O6S/c1-28-17-7-5-14(6-8-20(24)25)11-18(17)30(26,27)23-15-3-2-4-16(12-15)29-19-13-21-9-10-22-19/h2-13,23H,1H3,(H,24,25)/b8-6+. The van der Waals surface area contributed by atoms with E-state index < -0.39 is 16.0 Å². The highest BCUT2D eigenvalue weighted by molar-refractivity contribution is 7.92. The van der Waals surface area contributed by atoms with Crippen LogP contribution in [0.3, 0.4) is 0 Å². The second kappa shape index (κ2) is 9.05. The maximum atomic E-state index is 12.9. The lowest BCUT2D eigenvalue weighted by Gasteiger charge is -2.13. The minimum Gasteiger partial charge on any atom is -0.495 e. The summed E-state index contributed by atoms with van der Waals surface area (Å²) in [5, 5.41) is 8.77. The Labute approximate surface area is 172 Å². The topological polar surface area (TPSA) is 128 Å². The van der Waals surface area contributed by atoms with Crippen LogP contribution in [-0.4, -0.2) is 36.6 Å². The maximum Gasteiger partial charge on any atom is 0.328 e. The zero-order valence-electron chi connectivity index (χ0n) is 15.7. The number of methoxy groups -OCH3 is 1. The van der Waals surface area contributed by atoms with E-state index in [4.69, 9.17) is 14.6 Å². The average Bonchev–Trinajstić information content (AvgIpc) is 2.72. The molecule has 0 radical (unpaired) electrons. The first-order valence-corrected chi connectivity index (χ1v) is 10.0. The Bertz CT molecular complexity index is 1180. The Morgan fingerprint density at radius 1 is 1.17 bits per heavy atom. The van der Waals surface area contributed by atoms with Gasteiger partial charge in [0.25, 0.3) is 10.0 Å². The van der Waals surface area contributed by atoms with Crippen LogP contribution in [0.2, 0.25) is 0 Å². The van der Waals surface area contributed by atoms with Crippen LogP contribution in [0.25, 0.3) is 6.08 Å². The van der Waals surface area contributed by atoms with E-state index in [0.29, 0.717) is 11.3 Å². The van der Waals surface area contributed by atoms with Gasteiger partial charge >= 0.3 is 5.97 Å². The molecule has 2 aromatic carbocycles. The van der Waals surface area contributed by atoms with E-state index in [1.807, 2.05) is 0 Å². The molecule has 0 saturated heterocycles. The summed E-state index contributed by atoms with van der Waals surface area (Å²) < 4.78 is 39.1. The van der Waals surface area contributed by atoms with Crippen molar-refractivity contribution in [3.63, 3.8) is 0 Å². The summed E-state index contributed by atoms with van der Waals surface area (Å²) in [6, 6.07) is 10.6. The molecule has 0 aliphatic rings. The first-order chi connectivity index (χ1) is 14.4. The second-order valence-corrected chi connectivity index (χ2v) is 7.51. The summed E-state index contributed by atoms with van der Waals surface area (Å²) in [5.41, 5.74) is 0.642. The first kappa shape index (κ1) is 20.8. The van der Waals surface area contributed by atoms with Gasteiger partial charge in [-0.3, -0.25) is 9.71 Å². The number of hydrogen-bond donors (Lipinski definition) is 2. The number of nitrogens with zero attached hydrogens (tertiary/aromatic N) is 2. The number of aromatic nitrogens is 2. The third-order valence-electron chi connectivity index (χ3n) is 3.74. The second-order valence-electron chi connectivity index (χ2n) is 5.86. The molecule has 1 heterocycles. The Morgan fingerprint density at radius 3 is 2.70 bits per heavy atom. The van der Waals surface area contributed by atoms with Crippen LogP contribution in [0.5, 0.6) is 17.4 Å². The van der Waals surface area contributed by atoms with Crippen LogP contribution < -0.4 is 14.2 Å². The van der Waals surface area contributed by atoms with Gasteiger partial charge < -0.3 is 14.6 Å². The molecular weight excluding hydrogens is 410 g/mol.